The fraction of sp³-hybridized carbons (Fsp3) is 0.360. The first-order valence-corrected chi connectivity index (χ1v) is 10.8. The van der Waals surface area contributed by atoms with Crippen molar-refractivity contribution in [2.45, 2.75) is 32.7 Å². The quantitative estimate of drug-likeness (QED) is 0.451. The molecule has 1 unspecified atom stereocenters. The van der Waals surface area contributed by atoms with Crippen molar-refractivity contribution in [2.75, 3.05) is 31.6 Å². The van der Waals surface area contributed by atoms with E-state index in [1.807, 2.05) is 49.2 Å². The van der Waals surface area contributed by atoms with Crippen LogP contribution in [0.1, 0.15) is 43.0 Å². The standard InChI is InChI=1S/C25H28N2O4/c1-4-12-27-22(17-8-6-16(5-2)7-9-17)21(24(29)25(27)30)23(28)18-10-11-20-19(15-18)26(3)13-14-31-20/h6-11,15,22,28H,4-5,12-14H2,1-3H3/b23-21-. The summed E-state index contributed by atoms with van der Waals surface area (Å²) in [6, 6.07) is 12.6. The minimum atomic E-state index is -0.641. The number of rotatable bonds is 5. The summed E-state index contributed by atoms with van der Waals surface area (Å²) in [6.45, 7) is 5.83. The van der Waals surface area contributed by atoms with Crippen LogP contribution in [0.2, 0.25) is 0 Å². The third-order valence-corrected chi connectivity index (χ3v) is 6.04. The van der Waals surface area contributed by atoms with Crippen LogP contribution in [0.4, 0.5) is 5.69 Å². The SMILES string of the molecule is CCCN1C(=O)C(=O)/C(=C(\O)c2ccc3c(c2)N(C)CCO3)C1c1ccc(CC)cc1. The van der Waals surface area contributed by atoms with E-state index in [0.717, 1.165) is 36.4 Å². The van der Waals surface area contributed by atoms with Gasteiger partial charge in [-0.25, -0.2) is 0 Å². The van der Waals surface area contributed by atoms with Crippen molar-refractivity contribution in [1.82, 2.24) is 4.90 Å². The van der Waals surface area contributed by atoms with Gasteiger partial charge in [0.05, 0.1) is 23.8 Å². The Morgan fingerprint density at radius 3 is 2.55 bits per heavy atom. The van der Waals surface area contributed by atoms with Gasteiger partial charge in [0.2, 0.25) is 0 Å². The Balaban J connectivity index is 1.84. The molecule has 0 bridgehead atoms. The van der Waals surface area contributed by atoms with Crippen molar-refractivity contribution in [2.24, 2.45) is 0 Å². The fourth-order valence-electron chi connectivity index (χ4n) is 4.29. The Labute approximate surface area is 182 Å². The maximum Gasteiger partial charge on any atom is 0.295 e. The molecule has 162 valence electrons. The molecular weight excluding hydrogens is 392 g/mol. The number of carbonyl (C=O) groups excluding carboxylic acids is 2. The van der Waals surface area contributed by atoms with Crippen LogP contribution in [0, 0.1) is 0 Å². The van der Waals surface area contributed by atoms with Crippen LogP contribution < -0.4 is 9.64 Å². The number of ketones is 1. The summed E-state index contributed by atoms with van der Waals surface area (Å²) in [7, 11) is 1.96. The number of hydrogen-bond donors (Lipinski definition) is 1. The highest BCUT2D eigenvalue weighted by Gasteiger charge is 2.45. The van der Waals surface area contributed by atoms with Crippen LogP contribution >= 0.6 is 0 Å². The number of hydrogen-bond acceptors (Lipinski definition) is 5. The van der Waals surface area contributed by atoms with E-state index in [0.29, 0.717) is 18.7 Å². The average Bonchev–Trinajstić information content (AvgIpc) is 3.04. The predicted octanol–water partition coefficient (Wildman–Crippen LogP) is 3.91. The van der Waals surface area contributed by atoms with Crippen LogP contribution in [-0.2, 0) is 16.0 Å². The first-order valence-electron chi connectivity index (χ1n) is 10.8. The maximum atomic E-state index is 13.0. The topological polar surface area (TPSA) is 70.1 Å². The van der Waals surface area contributed by atoms with Crippen molar-refractivity contribution < 1.29 is 19.4 Å². The van der Waals surface area contributed by atoms with Crippen molar-refractivity contribution >= 4 is 23.1 Å². The Kier molecular flexibility index (Phi) is 5.72. The zero-order valence-corrected chi connectivity index (χ0v) is 18.2. The first-order chi connectivity index (χ1) is 15.0. The van der Waals surface area contributed by atoms with Crippen LogP contribution in [0.25, 0.3) is 5.76 Å². The van der Waals surface area contributed by atoms with E-state index in [1.54, 1.807) is 17.0 Å². The van der Waals surface area contributed by atoms with Gasteiger partial charge in [0.15, 0.2) is 0 Å². The number of nitrogens with zero attached hydrogens (tertiary/aromatic N) is 2. The molecule has 2 aliphatic heterocycles. The zero-order chi connectivity index (χ0) is 22.1. The lowest BCUT2D eigenvalue weighted by atomic mass is 9.94. The number of carbonyl (C=O) groups is 2. The number of anilines is 1. The second kappa shape index (κ2) is 8.46. The van der Waals surface area contributed by atoms with E-state index in [4.69, 9.17) is 4.74 Å². The molecular formula is C25H28N2O4. The summed E-state index contributed by atoms with van der Waals surface area (Å²) in [5.41, 5.74) is 3.49. The molecule has 0 saturated carbocycles. The average molecular weight is 421 g/mol. The Hall–Kier alpha value is -3.28. The van der Waals surface area contributed by atoms with Crippen LogP contribution in [0.3, 0.4) is 0 Å². The van der Waals surface area contributed by atoms with Gasteiger partial charge in [0.1, 0.15) is 18.1 Å². The molecule has 1 atom stereocenters. The van der Waals surface area contributed by atoms with Crippen LogP contribution in [0.15, 0.2) is 48.0 Å². The number of aliphatic hydroxyl groups excluding tert-OH is 1. The second-order valence-corrected chi connectivity index (χ2v) is 8.04. The van der Waals surface area contributed by atoms with Crippen LogP contribution in [0.5, 0.6) is 5.75 Å². The van der Waals surface area contributed by atoms with Crippen molar-refractivity contribution in [1.29, 1.82) is 0 Å². The Bertz CT molecular complexity index is 1040. The number of likely N-dealkylation sites (N-methyl/N-ethyl adjacent to an activating group) is 1. The lowest BCUT2D eigenvalue weighted by molar-refractivity contribution is -0.139. The minimum Gasteiger partial charge on any atom is -0.507 e. The largest absolute Gasteiger partial charge is 0.507 e. The minimum absolute atomic E-state index is 0.141. The molecule has 0 aromatic heterocycles. The summed E-state index contributed by atoms with van der Waals surface area (Å²) in [6.07, 6.45) is 1.62. The molecule has 0 aliphatic carbocycles. The third kappa shape index (κ3) is 3.67. The van der Waals surface area contributed by atoms with E-state index >= 15 is 0 Å². The lowest BCUT2D eigenvalue weighted by Crippen LogP contribution is -2.30. The van der Waals surface area contributed by atoms with Gasteiger partial charge in [-0.1, -0.05) is 38.1 Å². The van der Waals surface area contributed by atoms with Crippen molar-refractivity contribution in [3.05, 3.63) is 64.7 Å². The second-order valence-electron chi connectivity index (χ2n) is 8.04. The summed E-state index contributed by atoms with van der Waals surface area (Å²) in [5.74, 6) is -0.615. The highest BCUT2D eigenvalue weighted by Crippen LogP contribution is 2.41. The molecule has 1 N–H and O–H groups in total. The molecule has 0 spiro atoms. The molecule has 31 heavy (non-hydrogen) atoms. The van der Waals surface area contributed by atoms with Gasteiger partial charge in [-0.3, -0.25) is 9.59 Å². The molecule has 6 nitrogen and oxygen atoms in total. The number of ether oxygens (including phenoxy) is 1. The molecule has 2 aromatic rings. The van der Waals surface area contributed by atoms with Crippen LogP contribution in [-0.4, -0.2) is 48.4 Å². The van der Waals surface area contributed by atoms with Gasteiger partial charge in [-0.2, -0.15) is 0 Å². The molecule has 2 aromatic carbocycles. The van der Waals surface area contributed by atoms with Gasteiger partial charge in [0.25, 0.3) is 11.7 Å². The Morgan fingerprint density at radius 2 is 1.87 bits per heavy atom. The number of fused-ring (bicyclic) bond motifs is 1. The first kappa shape index (κ1) is 21.0. The monoisotopic (exact) mass is 420 g/mol. The zero-order valence-electron chi connectivity index (χ0n) is 18.2. The number of likely N-dealkylation sites (tertiary alicyclic amines) is 1. The predicted molar refractivity (Wildman–Crippen MR) is 120 cm³/mol. The molecule has 1 saturated heterocycles. The van der Waals surface area contributed by atoms with E-state index in [9.17, 15) is 14.7 Å². The third-order valence-electron chi connectivity index (χ3n) is 6.04. The number of amides is 1. The number of aryl methyl sites for hydroxylation is 1. The van der Waals surface area contributed by atoms with E-state index in [2.05, 4.69) is 6.92 Å². The van der Waals surface area contributed by atoms with Gasteiger partial charge in [-0.05, 0) is 42.2 Å². The highest BCUT2D eigenvalue weighted by molar-refractivity contribution is 6.46. The van der Waals surface area contributed by atoms with Gasteiger partial charge in [-0.15, -0.1) is 0 Å². The van der Waals surface area contributed by atoms with E-state index < -0.39 is 17.7 Å². The number of Topliss-reactive ketones (excluding diaryl/α,β-unsaturated/α-hetero) is 1. The molecule has 4 rings (SSSR count). The van der Waals surface area contributed by atoms with Gasteiger partial charge >= 0.3 is 0 Å². The fourth-order valence-corrected chi connectivity index (χ4v) is 4.29. The molecule has 6 heteroatoms. The van der Waals surface area contributed by atoms with Crippen molar-refractivity contribution in [3.63, 3.8) is 0 Å². The van der Waals surface area contributed by atoms with E-state index in [1.165, 1.54) is 5.56 Å². The van der Waals surface area contributed by atoms with Crippen molar-refractivity contribution in [3.8, 4) is 5.75 Å². The van der Waals surface area contributed by atoms with E-state index in [-0.39, 0.29) is 11.3 Å². The smallest absolute Gasteiger partial charge is 0.295 e. The normalized spacial score (nSPS) is 20.0. The molecule has 2 aliphatic rings. The molecule has 0 radical (unpaired) electrons. The van der Waals surface area contributed by atoms with Gasteiger partial charge < -0.3 is 19.6 Å². The highest BCUT2D eigenvalue weighted by atomic mass is 16.5. The summed E-state index contributed by atoms with van der Waals surface area (Å²) in [4.78, 5) is 29.5. The summed E-state index contributed by atoms with van der Waals surface area (Å²) < 4.78 is 5.68. The molecule has 2 heterocycles. The lowest BCUT2D eigenvalue weighted by Gasteiger charge is -2.28. The Morgan fingerprint density at radius 1 is 1.13 bits per heavy atom. The molecule has 1 amide bonds. The summed E-state index contributed by atoms with van der Waals surface area (Å²) >= 11 is 0. The number of benzene rings is 2. The maximum absolute atomic E-state index is 13.0. The van der Waals surface area contributed by atoms with Gasteiger partial charge in [0, 0.05) is 19.2 Å². The number of aliphatic hydroxyl groups is 1. The summed E-state index contributed by atoms with van der Waals surface area (Å²) in [5, 5.41) is 11.2. The molecule has 1 fully saturated rings.